The van der Waals surface area contributed by atoms with Crippen molar-refractivity contribution in [1.29, 1.82) is 0 Å². The van der Waals surface area contributed by atoms with E-state index in [9.17, 15) is 27.9 Å². The Hall–Kier alpha value is -4.37. The minimum atomic E-state index is -4.43. The van der Waals surface area contributed by atoms with E-state index in [4.69, 9.17) is 21.1 Å². The number of carboxylic acids is 2. The number of aryl methyl sites for hydroxylation is 2. The maximum Gasteiger partial charge on any atom is 0.408 e. The van der Waals surface area contributed by atoms with E-state index < -0.39 is 24.7 Å². The molecule has 34 heavy (non-hydrogen) atoms. The molecular weight excluding hydrogens is 467 g/mol. The van der Waals surface area contributed by atoms with Gasteiger partial charge in [-0.3, -0.25) is 0 Å². The number of aromatic amines is 1. The fourth-order valence-electron chi connectivity index (χ4n) is 2.22. The molecule has 0 radical (unpaired) electrons. The molecule has 8 N–H and O–H groups in total. The number of hydrogen-bond donors (Lipinski definition) is 7. The van der Waals surface area contributed by atoms with Gasteiger partial charge < -0.3 is 36.5 Å². The molecule has 2 aromatic heterocycles. The van der Waals surface area contributed by atoms with E-state index in [1.165, 1.54) is 12.3 Å². The Morgan fingerprint density at radius 3 is 2.26 bits per heavy atom. The van der Waals surface area contributed by atoms with E-state index in [1.807, 2.05) is 0 Å². The summed E-state index contributed by atoms with van der Waals surface area (Å²) in [6.07, 6.45) is 0.490. The fourth-order valence-corrected chi connectivity index (χ4v) is 2.22. The van der Waals surface area contributed by atoms with E-state index >= 15 is 0 Å². The number of nitrogens with zero attached hydrogens (tertiary/aromatic N) is 4. The molecule has 0 saturated heterocycles. The number of aromatic nitrogens is 4. The number of nitrogens with one attached hydrogen (secondary N) is 2. The van der Waals surface area contributed by atoms with Crippen LogP contribution in [0.1, 0.15) is 24.4 Å². The van der Waals surface area contributed by atoms with Crippen molar-refractivity contribution in [1.82, 2.24) is 19.9 Å². The Morgan fingerprint density at radius 1 is 1.12 bits per heavy atom. The number of aliphatic carboxylic acids is 2. The van der Waals surface area contributed by atoms with Crippen molar-refractivity contribution in [3.63, 3.8) is 0 Å². The van der Waals surface area contributed by atoms with Crippen molar-refractivity contribution in [2.24, 2.45) is 10.7 Å². The predicted molar refractivity (Wildman–Crippen MR) is 111 cm³/mol. The van der Waals surface area contributed by atoms with Crippen molar-refractivity contribution < 1.29 is 43.2 Å². The second-order valence-corrected chi connectivity index (χ2v) is 6.38. The molecule has 0 atom stereocenters. The number of rotatable bonds is 9. The lowest BCUT2D eigenvalue weighted by Crippen LogP contribution is -2.26. The van der Waals surface area contributed by atoms with Crippen LogP contribution in [-0.2, 0) is 22.4 Å². The number of unbranched alkanes of at least 4 members (excludes halogenated alkanes) is 1. The summed E-state index contributed by atoms with van der Waals surface area (Å²) in [5, 5.41) is 36.7. The van der Waals surface area contributed by atoms with Gasteiger partial charge in [0.25, 0.3) is 6.01 Å². The zero-order valence-corrected chi connectivity index (χ0v) is 17.5. The summed E-state index contributed by atoms with van der Waals surface area (Å²) in [6.45, 7) is -1.38. The Kier molecular flexibility index (Phi) is 10.8. The van der Waals surface area contributed by atoms with Crippen LogP contribution in [0.2, 0.25) is 0 Å². The van der Waals surface area contributed by atoms with Gasteiger partial charge >= 0.3 is 18.1 Å². The molecule has 2 aromatic rings. The van der Waals surface area contributed by atoms with Crippen LogP contribution in [0, 0.1) is 0 Å². The topological polar surface area (TPSA) is 220 Å². The molecule has 0 bridgehead atoms. The van der Waals surface area contributed by atoms with Crippen LogP contribution >= 0.6 is 0 Å². The summed E-state index contributed by atoms with van der Waals surface area (Å²) in [5.74, 6) is -2.41. The van der Waals surface area contributed by atoms with Gasteiger partial charge in [0.15, 0.2) is 5.96 Å². The SMILES string of the molecule is NC(=NCC(F)(F)F)Nc1ccnc(CCCCc2[nH]c(O)nc2O)n1.O=C(O)C=CC(=O)O. The van der Waals surface area contributed by atoms with Crippen LogP contribution in [0.3, 0.4) is 0 Å². The lowest BCUT2D eigenvalue weighted by atomic mass is 10.1. The lowest BCUT2D eigenvalue weighted by Gasteiger charge is -2.07. The van der Waals surface area contributed by atoms with E-state index in [0.29, 0.717) is 49.4 Å². The summed E-state index contributed by atoms with van der Waals surface area (Å²) < 4.78 is 36.3. The summed E-state index contributed by atoms with van der Waals surface area (Å²) in [5.41, 5.74) is 5.83. The molecule has 0 aromatic carbocycles. The van der Waals surface area contributed by atoms with Crippen LogP contribution in [-0.4, -0.2) is 71.0 Å². The minimum absolute atomic E-state index is 0.237. The first-order valence-corrected chi connectivity index (χ1v) is 9.42. The smallest absolute Gasteiger partial charge is 0.408 e. The van der Waals surface area contributed by atoms with Crippen LogP contribution < -0.4 is 11.1 Å². The van der Waals surface area contributed by atoms with Gasteiger partial charge in [0, 0.05) is 24.8 Å². The molecule has 0 aliphatic carbocycles. The van der Waals surface area contributed by atoms with Gasteiger partial charge in [-0.2, -0.15) is 18.2 Å². The second kappa shape index (κ2) is 13.2. The lowest BCUT2D eigenvalue weighted by molar-refractivity contribution is -0.134. The molecule has 2 rings (SSSR count). The van der Waals surface area contributed by atoms with Crippen molar-refractivity contribution in [2.45, 2.75) is 31.9 Å². The van der Waals surface area contributed by atoms with Gasteiger partial charge in [-0.1, -0.05) is 0 Å². The summed E-state index contributed by atoms with van der Waals surface area (Å²) in [7, 11) is 0. The number of aliphatic imine (C=N–C) groups is 1. The number of carboxylic acid groups (broad SMARTS) is 2. The maximum atomic E-state index is 12.1. The van der Waals surface area contributed by atoms with Gasteiger partial charge in [0.2, 0.25) is 5.88 Å². The number of imidazole rings is 1. The average molecular weight is 489 g/mol. The highest BCUT2D eigenvalue weighted by molar-refractivity contribution is 5.91. The molecule has 0 aliphatic rings. The molecule has 0 fully saturated rings. The minimum Gasteiger partial charge on any atom is -0.492 e. The third-order valence-corrected chi connectivity index (χ3v) is 3.58. The Balaban J connectivity index is 0.000000620. The monoisotopic (exact) mass is 489 g/mol. The molecule has 16 heteroatoms. The van der Waals surface area contributed by atoms with E-state index in [2.05, 4.69) is 30.2 Å². The molecule has 0 aliphatic heterocycles. The summed E-state index contributed by atoms with van der Waals surface area (Å²) >= 11 is 0. The third kappa shape index (κ3) is 12.5. The highest BCUT2D eigenvalue weighted by Crippen LogP contribution is 2.19. The Labute approximate surface area is 189 Å². The van der Waals surface area contributed by atoms with Crippen LogP contribution in [0.4, 0.5) is 19.0 Å². The number of halogens is 3. The quantitative estimate of drug-likeness (QED) is 0.115. The van der Waals surface area contributed by atoms with Gasteiger partial charge in [0.05, 0.1) is 5.69 Å². The van der Waals surface area contributed by atoms with Gasteiger partial charge in [-0.15, -0.1) is 0 Å². The molecular formula is C18H22F3N7O6. The zero-order chi connectivity index (χ0) is 25.7. The molecule has 0 saturated carbocycles. The molecule has 0 unspecified atom stereocenters. The maximum absolute atomic E-state index is 12.1. The number of anilines is 1. The predicted octanol–water partition coefficient (Wildman–Crippen LogP) is 1.18. The summed E-state index contributed by atoms with van der Waals surface area (Å²) in [4.78, 5) is 36.5. The standard InChI is InChI=1S/C14H18F3N7O2.C4H4O4/c15-14(16,17)7-20-12(18)23-10-5-6-19-9(22-10)4-2-1-3-8-11(25)24-13(26)21-8;5-3(6)1-2-4(7)8/h5-6,25H,1-4,7H2,(H2,21,24,26)(H3,18,19,20,22,23);1-2H,(H,5,6)(H,7,8). The number of alkyl halides is 3. The zero-order valence-electron chi connectivity index (χ0n) is 17.5. The largest absolute Gasteiger partial charge is 0.492 e. The van der Waals surface area contributed by atoms with E-state index in [-0.39, 0.29) is 23.7 Å². The van der Waals surface area contributed by atoms with Crippen LogP contribution in [0.5, 0.6) is 11.9 Å². The number of H-pyrrole nitrogens is 1. The van der Waals surface area contributed by atoms with Gasteiger partial charge in [-0.25, -0.2) is 24.5 Å². The highest BCUT2D eigenvalue weighted by Gasteiger charge is 2.26. The number of hydrogen-bond acceptors (Lipinski definition) is 8. The number of aromatic hydroxyl groups is 2. The van der Waals surface area contributed by atoms with E-state index in [1.54, 1.807) is 0 Å². The molecule has 186 valence electrons. The van der Waals surface area contributed by atoms with E-state index in [0.717, 1.165) is 0 Å². The van der Waals surface area contributed by atoms with Gasteiger partial charge in [-0.05, 0) is 25.3 Å². The molecule has 0 amide bonds. The van der Waals surface area contributed by atoms with Crippen molar-refractivity contribution in [3.8, 4) is 11.9 Å². The van der Waals surface area contributed by atoms with Crippen LogP contribution in [0.25, 0.3) is 0 Å². The summed E-state index contributed by atoms with van der Waals surface area (Å²) in [6, 6.07) is 1.12. The van der Waals surface area contributed by atoms with Crippen molar-refractivity contribution in [3.05, 3.63) is 35.9 Å². The number of nitrogens with two attached hydrogens (primary N) is 1. The highest BCUT2D eigenvalue weighted by atomic mass is 19.4. The second-order valence-electron chi connectivity index (χ2n) is 6.38. The third-order valence-electron chi connectivity index (χ3n) is 3.58. The number of guanidine groups is 1. The Bertz CT molecular complexity index is 1010. The molecule has 13 nitrogen and oxygen atoms in total. The Morgan fingerprint density at radius 2 is 1.74 bits per heavy atom. The van der Waals surface area contributed by atoms with Crippen molar-refractivity contribution >= 4 is 23.7 Å². The van der Waals surface area contributed by atoms with Gasteiger partial charge in [0.1, 0.15) is 18.2 Å². The number of carbonyl (C=O) groups is 2. The molecule has 0 spiro atoms. The first-order valence-electron chi connectivity index (χ1n) is 9.42. The first kappa shape index (κ1) is 27.7. The first-order chi connectivity index (χ1) is 15.9. The fraction of sp³-hybridized carbons (Fsp3) is 0.333. The molecule has 2 heterocycles. The normalized spacial score (nSPS) is 11.7. The average Bonchev–Trinajstić information content (AvgIpc) is 3.05. The van der Waals surface area contributed by atoms with Crippen molar-refractivity contribution in [2.75, 3.05) is 11.9 Å². The van der Waals surface area contributed by atoms with Crippen LogP contribution in [0.15, 0.2) is 29.4 Å².